The molecule has 0 aromatic rings. The predicted molar refractivity (Wildman–Crippen MR) is 69.2 cm³/mol. The molecule has 0 amide bonds. The highest BCUT2D eigenvalue weighted by Gasteiger charge is 2.25. The largest absolute Gasteiger partial charge is 0.409 e. The molecule has 3 N–H and O–H groups in total. The SMILES string of the molecule is CC1CCCC(OCCC(C)(C)C(N)=NO)C1. The molecule has 0 aromatic heterocycles. The Morgan fingerprint density at radius 2 is 2.18 bits per heavy atom. The molecule has 0 aromatic carbocycles. The summed E-state index contributed by atoms with van der Waals surface area (Å²) in [6.07, 6.45) is 6.14. The summed E-state index contributed by atoms with van der Waals surface area (Å²) in [7, 11) is 0. The van der Waals surface area contributed by atoms with E-state index in [4.69, 9.17) is 15.7 Å². The minimum absolute atomic E-state index is 0.276. The van der Waals surface area contributed by atoms with Crippen LogP contribution in [0.25, 0.3) is 0 Å². The fourth-order valence-corrected chi connectivity index (χ4v) is 2.27. The van der Waals surface area contributed by atoms with Crippen molar-refractivity contribution in [3.63, 3.8) is 0 Å². The summed E-state index contributed by atoms with van der Waals surface area (Å²) in [5.74, 6) is 1.06. The Balaban J connectivity index is 2.27. The molecule has 0 spiro atoms. The van der Waals surface area contributed by atoms with Crippen LogP contribution in [0, 0.1) is 11.3 Å². The average Bonchev–Trinajstić information content (AvgIpc) is 2.27. The monoisotopic (exact) mass is 242 g/mol. The second-order valence-electron chi connectivity index (χ2n) is 5.88. The van der Waals surface area contributed by atoms with Gasteiger partial charge in [0.1, 0.15) is 5.84 Å². The lowest BCUT2D eigenvalue weighted by atomic mass is 9.87. The Bertz CT molecular complexity index is 264. The second kappa shape index (κ2) is 6.24. The number of nitrogens with two attached hydrogens (primary N) is 1. The van der Waals surface area contributed by atoms with Crippen LogP contribution in [0.5, 0.6) is 0 Å². The lowest BCUT2D eigenvalue weighted by Crippen LogP contribution is -2.33. The quantitative estimate of drug-likeness (QED) is 0.337. The van der Waals surface area contributed by atoms with Gasteiger partial charge >= 0.3 is 0 Å². The molecule has 100 valence electrons. The lowest BCUT2D eigenvalue weighted by molar-refractivity contribution is 0.00758. The highest BCUT2D eigenvalue weighted by molar-refractivity contribution is 5.85. The number of hydrogen-bond acceptors (Lipinski definition) is 3. The molecule has 2 atom stereocenters. The van der Waals surface area contributed by atoms with Gasteiger partial charge in [0.2, 0.25) is 0 Å². The molecular weight excluding hydrogens is 216 g/mol. The molecule has 1 aliphatic rings. The summed E-state index contributed by atoms with van der Waals surface area (Å²) < 4.78 is 5.89. The number of ether oxygens (including phenoxy) is 1. The molecule has 0 aliphatic heterocycles. The van der Waals surface area contributed by atoms with Gasteiger partial charge in [-0.3, -0.25) is 0 Å². The minimum atomic E-state index is -0.297. The smallest absolute Gasteiger partial charge is 0.144 e. The molecule has 1 aliphatic carbocycles. The Hall–Kier alpha value is -0.770. The van der Waals surface area contributed by atoms with E-state index in [9.17, 15) is 0 Å². The van der Waals surface area contributed by atoms with Gasteiger partial charge in [0.05, 0.1) is 6.10 Å². The molecule has 1 fully saturated rings. The predicted octanol–water partition coefficient (Wildman–Crippen LogP) is 2.74. The van der Waals surface area contributed by atoms with Crippen molar-refractivity contribution in [2.75, 3.05) is 6.61 Å². The van der Waals surface area contributed by atoms with E-state index >= 15 is 0 Å². The Kier molecular flexibility index (Phi) is 5.25. The van der Waals surface area contributed by atoms with Crippen LogP contribution in [0.3, 0.4) is 0 Å². The first-order chi connectivity index (χ1) is 7.95. The summed E-state index contributed by atoms with van der Waals surface area (Å²) in [6.45, 7) is 6.90. The van der Waals surface area contributed by atoms with Crippen LogP contribution in [0.15, 0.2) is 5.16 Å². The Morgan fingerprint density at radius 1 is 1.47 bits per heavy atom. The summed E-state index contributed by atoms with van der Waals surface area (Å²) in [4.78, 5) is 0. The number of oxime groups is 1. The van der Waals surface area contributed by atoms with E-state index in [0.717, 1.165) is 12.3 Å². The van der Waals surface area contributed by atoms with Gasteiger partial charge in [-0.25, -0.2) is 0 Å². The number of amidine groups is 1. The van der Waals surface area contributed by atoms with Gasteiger partial charge in [-0.05, 0) is 25.2 Å². The lowest BCUT2D eigenvalue weighted by Gasteiger charge is -2.29. The fourth-order valence-electron chi connectivity index (χ4n) is 2.27. The zero-order valence-corrected chi connectivity index (χ0v) is 11.3. The molecule has 0 saturated heterocycles. The van der Waals surface area contributed by atoms with Crippen molar-refractivity contribution in [2.45, 2.75) is 59.0 Å². The van der Waals surface area contributed by atoms with Crippen LogP contribution in [0.1, 0.15) is 52.9 Å². The Labute approximate surface area is 104 Å². The summed E-state index contributed by atoms with van der Waals surface area (Å²) in [5.41, 5.74) is 5.34. The van der Waals surface area contributed by atoms with E-state index in [2.05, 4.69) is 12.1 Å². The van der Waals surface area contributed by atoms with E-state index in [-0.39, 0.29) is 11.3 Å². The van der Waals surface area contributed by atoms with Gasteiger partial charge in [-0.15, -0.1) is 0 Å². The summed E-state index contributed by atoms with van der Waals surface area (Å²) in [6, 6.07) is 0. The van der Waals surface area contributed by atoms with Gasteiger partial charge < -0.3 is 15.7 Å². The van der Waals surface area contributed by atoms with Crippen molar-refractivity contribution in [3.8, 4) is 0 Å². The van der Waals surface area contributed by atoms with E-state index < -0.39 is 0 Å². The molecular formula is C13H26N2O2. The van der Waals surface area contributed by atoms with Crippen LogP contribution < -0.4 is 5.73 Å². The zero-order chi connectivity index (χ0) is 12.9. The highest BCUT2D eigenvalue weighted by Crippen LogP contribution is 2.27. The highest BCUT2D eigenvalue weighted by atomic mass is 16.5. The maximum atomic E-state index is 8.68. The average molecular weight is 242 g/mol. The van der Waals surface area contributed by atoms with Crippen LogP contribution in [-0.4, -0.2) is 23.8 Å². The third-order valence-corrected chi connectivity index (χ3v) is 3.77. The van der Waals surface area contributed by atoms with Crippen molar-refractivity contribution in [3.05, 3.63) is 0 Å². The van der Waals surface area contributed by atoms with Gasteiger partial charge in [0.15, 0.2) is 0 Å². The minimum Gasteiger partial charge on any atom is -0.409 e. The molecule has 4 nitrogen and oxygen atoms in total. The van der Waals surface area contributed by atoms with Gasteiger partial charge in [-0.1, -0.05) is 38.8 Å². The molecule has 1 saturated carbocycles. The van der Waals surface area contributed by atoms with Crippen LogP contribution >= 0.6 is 0 Å². The molecule has 0 heterocycles. The third-order valence-electron chi connectivity index (χ3n) is 3.77. The first kappa shape index (κ1) is 14.3. The maximum Gasteiger partial charge on any atom is 0.144 e. The number of rotatable bonds is 5. The maximum absolute atomic E-state index is 8.68. The molecule has 4 heteroatoms. The molecule has 0 radical (unpaired) electrons. The standard InChI is InChI=1S/C13H26N2O2/c1-10-5-4-6-11(9-10)17-8-7-13(2,3)12(14)15-16/h10-11,16H,4-9H2,1-3H3,(H2,14,15). The first-order valence-electron chi connectivity index (χ1n) is 6.55. The first-order valence-corrected chi connectivity index (χ1v) is 6.55. The molecule has 1 rings (SSSR count). The number of hydrogen-bond donors (Lipinski definition) is 2. The van der Waals surface area contributed by atoms with Gasteiger partial charge in [0, 0.05) is 12.0 Å². The summed E-state index contributed by atoms with van der Waals surface area (Å²) >= 11 is 0. The van der Waals surface area contributed by atoms with Crippen molar-refractivity contribution >= 4 is 5.84 Å². The zero-order valence-electron chi connectivity index (χ0n) is 11.3. The van der Waals surface area contributed by atoms with Crippen LogP contribution in [0.2, 0.25) is 0 Å². The van der Waals surface area contributed by atoms with Crippen molar-refractivity contribution in [1.82, 2.24) is 0 Å². The summed E-state index contributed by atoms with van der Waals surface area (Å²) in [5, 5.41) is 11.8. The van der Waals surface area contributed by atoms with Crippen LogP contribution in [-0.2, 0) is 4.74 Å². The van der Waals surface area contributed by atoms with Gasteiger partial charge in [0.25, 0.3) is 0 Å². The normalized spacial score (nSPS) is 27.1. The van der Waals surface area contributed by atoms with Crippen molar-refractivity contribution in [1.29, 1.82) is 0 Å². The van der Waals surface area contributed by atoms with Crippen molar-refractivity contribution in [2.24, 2.45) is 22.2 Å². The third kappa shape index (κ3) is 4.54. The fraction of sp³-hybridized carbons (Fsp3) is 0.923. The topological polar surface area (TPSA) is 67.8 Å². The molecule has 17 heavy (non-hydrogen) atoms. The van der Waals surface area contributed by atoms with Gasteiger partial charge in [-0.2, -0.15) is 0 Å². The van der Waals surface area contributed by atoms with E-state index in [1.165, 1.54) is 25.7 Å². The van der Waals surface area contributed by atoms with E-state index in [0.29, 0.717) is 12.7 Å². The van der Waals surface area contributed by atoms with Crippen LogP contribution in [0.4, 0.5) is 0 Å². The van der Waals surface area contributed by atoms with Crippen molar-refractivity contribution < 1.29 is 9.94 Å². The number of nitrogens with zero attached hydrogens (tertiary/aromatic N) is 1. The molecule has 2 unspecified atom stereocenters. The Morgan fingerprint density at radius 3 is 2.76 bits per heavy atom. The molecule has 0 bridgehead atoms. The van der Waals surface area contributed by atoms with E-state index in [1.54, 1.807) is 0 Å². The van der Waals surface area contributed by atoms with E-state index in [1.807, 2.05) is 13.8 Å². The second-order valence-corrected chi connectivity index (χ2v) is 5.88.